The van der Waals surface area contributed by atoms with E-state index in [-0.39, 0.29) is 11.7 Å². The van der Waals surface area contributed by atoms with E-state index in [0.717, 1.165) is 12.2 Å². The van der Waals surface area contributed by atoms with Gasteiger partial charge in [-0.05, 0) is 36.6 Å². The van der Waals surface area contributed by atoms with Gasteiger partial charge in [0.15, 0.2) is 0 Å². The minimum atomic E-state index is -0.105. The summed E-state index contributed by atoms with van der Waals surface area (Å²) in [5.41, 5.74) is 0.363. The number of nitrogens with one attached hydrogen (secondary N) is 1. The van der Waals surface area contributed by atoms with Crippen LogP contribution < -0.4 is 5.32 Å². The second kappa shape index (κ2) is 6.66. The molecule has 0 aromatic heterocycles. The summed E-state index contributed by atoms with van der Waals surface area (Å²) in [6.07, 6.45) is 3.28. The number of phenols is 1. The number of hydrogen-bond acceptors (Lipinski definition) is 3. The van der Waals surface area contributed by atoms with Crippen LogP contribution in [0.1, 0.15) is 12.8 Å². The molecule has 1 rings (SSSR count). The SMILES string of the molecule is CSCCCC(=O)Nc1cc(Cl)ccc1O. The molecule has 5 heteroatoms. The Morgan fingerprint density at radius 3 is 3.00 bits per heavy atom. The molecule has 0 radical (unpaired) electrons. The fraction of sp³-hybridized carbons (Fsp3) is 0.364. The van der Waals surface area contributed by atoms with Crippen molar-refractivity contribution in [2.45, 2.75) is 12.8 Å². The van der Waals surface area contributed by atoms with E-state index < -0.39 is 0 Å². The van der Waals surface area contributed by atoms with Gasteiger partial charge in [-0.3, -0.25) is 4.79 Å². The third-order valence-corrected chi connectivity index (χ3v) is 2.92. The summed E-state index contributed by atoms with van der Waals surface area (Å²) in [6.45, 7) is 0. The van der Waals surface area contributed by atoms with Gasteiger partial charge in [0.2, 0.25) is 5.91 Å². The maximum absolute atomic E-state index is 11.5. The maximum atomic E-state index is 11.5. The first-order valence-electron chi connectivity index (χ1n) is 4.91. The van der Waals surface area contributed by atoms with Crippen LogP contribution in [0.4, 0.5) is 5.69 Å². The lowest BCUT2D eigenvalue weighted by atomic mass is 10.2. The molecule has 1 aromatic carbocycles. The van der Waals surface area contributed by atoms with E-state index in [2.05, 4.69) is 5.32 Å². The molecule has 0 saturated heterocycles. The highest BCUT2D eigenvalue weighted by atomic mass is 35.5. The van der Waals surface area contributed by atoms with Gasteiger partial charge in [-0.2, -0.15) is 11.8 Å². The molecule has 0 atom stereocenters. The summed E-state index contributed by atoms with van der Waals surface area (Å²) in [4.78, 5) is 11.5. The Labute approximate surface area is 104 Å². The summed E-state index contributed by atoms with van der Waals surface area (Å²) in [7, 11) is 0. The molecule has 0 saturated carbocycles. The molecule has 0 aliphatic heterocycles. The Kier molecular flexibility index (Phi) is 5.49. The lowest BCUT2D eigenvalue weighted by Gasteiger charge is -2.07. The molecular formula is C11H14ClNO2S. The molecule has 0 spiro atoms. The molecule has 88 valence electrons. The van der Waals surface area contributed by atoms with Crippen LogP contribution in [0.15, 0.2) is 18.2 Å². The van der Waals surface area contributed by atoms with E-state index >= 15 is 0 Å². The number of anilines is 1. The Morgan fingerprint density at radius 1 is 1.56 bits per heavy atom. The van der Waals surface area contributed by atoms with Gasteiger partial charge in [-0.1, -0.05) is 11.6 Å². The number of halogens is 1. The van der Waals surface area contributed by atoms with Crippen molar-refractivity contribution in [1.29, 1.82) is 0 Å². The van der Waals surface area contributed by atoms with Crippen molar-refractivity contribution < 1.29 is 9.90 Å². The summed E-state index contributed by atoms with van der Waals surface area (Å²) in [6, 6.07) is 4.56. The van der Waals surface area contributed by atoms with Gasteiger partial charge < -0.3 is 10.4 Å². The van der Waals surface area contributed by atoms with Gasteiger partial charge in [0, 0.05) is 11.4 Å². The van der Waals surface area contributed by atoms with Crippen molar-refractivity contribution in [3.8, 4) is 5.75 Å². The second-order valence-electron chi connectivity index (χ2n) is 3.31. The summed E-state index contributed by atoms with van der Waals surface area (Å²) in [5, 5.41) is 12.6. The third kappa shape index (κ3) is 4.33. The number of aromatic hydroxyl groups is 1. The number of carbonyl (C=O) groups excluding carboxylic acids is 1. The molecule has 1 amide bonds. The first kappa shape index (κ1) is 13.2. The summed E-state index contributed by atoms with van der Waals surface area (Å²) in [5.74, 6) is 0.879. The molecule has 0 bridgehead atoms. The Bertz CT molecular complexity index is 371. The quantitative estimate of drug-likeness (QED) is 0.631. The van der Waals surface area contributed by atoms with Crippen LogP contribution in [0.25, 0.3) is 0 Å². The zero-order valence-corrected chi connectivity index (χ0v) is 10.6. The molecular weight excluding hydrogens is 246 g/mol. The van der Waals surface area contributed by atoms with Crippen LogP contribution in [0.2, 0.25) is 5.02 Å². The van der Waals surface area contributed by atoms with E-state index in [1.807, 2.05) is 6.26 Å². The molecule has 0 unspecified atom stereocenters. The van der Waals surface area contributed by atoms with Crippen LogP contribution in [0.3, 0.4) is 0 Å². The molecule has 16 heavy (non-hydrogen) atoms. The van der Waals surface area contributed by atoms with Crippen LogP contribution in [0, 0.1) is 0 Å². The van der Waals surface area contributed by atoms with Crippen LogP contribution in [0.5, 0.6) is 5.75 Å². The highest BCUT2D eigenvalue weighted by Crippen LogP contribution is 2.26. The Balaban J connectivity index is 2.52. The molecule has 0 heterocycles. The van der Waals surface area contributed by atoms with E-state index in [1.54, 1.807) is 17.8 Å². The van der Waals surface area contributed by atoms with E-state index in [0.29, 0.717) is 17.1 Å². The van der Waals surface area contributed by atoms with E-state index in [9.17, 15) is 9.90 Å². The van der Waals surface area contributed by atoms with Gasteiger partial charge in [0.25, 0.3) is 0 Å². The second-order valence-corrected chi connectivity index (χ2v) is 4.73. The highest BCUT2D eigenvalue weighted by Gasteiger charge is 2.06. The zero-order chi connectivity index (χ0) is 12.0. The largest absolute Gasteiger partial charge is 0.506 e. The number of benzene rings is 1. The number of hydrogen-bond donors (Lipinski definition) is 2. The lowest BCUT2D eigenvalue weighted by Crippen LogP contribution is -2.11. The van der Waals surface area contributed by atoms with Crippen molar-refractivity contribution in [3.05, 3.63) is 23.2 Å². The standard InChI is InChI=1S/C11H14ClNO2S/c1-16-6-2-3-11(15)13-9-7-8(12)4-5-10(9)14/h4-5,7,14H,2-3,6H2,1H3,(H,13,15). The van der Waals surface area contributed by atoms with Crippen LogP contribution in [-0.4, -0.2) is 23.0 Å². The number of rotatable bonds is 5. The van der Waals surface area contributed by atoms with Gasteiger partial charge in [0.1, 0.15) is 5.75 Å². The predicted octanol–water partition coefficient (Wildman–Crippen LogP) is 3.13. The highest BCUT2D eigenvalue weighted by molar-refractivity contribution is 7.98. The normalized spacial score (nSPS) is 10.1. The number of carbonyl (C=O) groups is 1. The Morgan fingerprint density at radius 2 is 2.31 bits per heavy atom. The predicted molar refractivity (Wildman–Crippen MR) is 69.4 cm³/mol. The fourth-order valence-electron chi connectivity index (χ4n) is 1.20. The number of phenolic OH excluding ortho intramolecular Hbond substituents is 1. The van der Waals surface area contributed by atoms with Crippen molar-refractivity contribution >= 4 is 35.0 Å². The van der Waals surface area contributed by atoms with Crippen molar-refractivity contribution in [1.82, 2.24) is 0 Å². The van der Waals surface area contributed by atoms with Crippen LogP contribution in [-0.2, 0) is 4.79 Å². The zero-order valence-electron chi connectivity index (χ0n) is 9.00. The maximum Gasteiger partial charge on any atom is 0.224 e. The lowest BCUT2D eigenvalue weighted by molar-refractivity contribution is -0.116. The topological polar surface area (TPSA) is 49.3 Å². The fourth-order valence-corrected chi connectivity index (χ4v) is 1.80. The molecule has 1 aromatic rings. The third-order valence-electron chi connectivity index (χ3n) is 1.98. The van der Waals surface area contributed by atoms with E-state index in [4.69, 9.17) is 11.6 Å². The van der Waals surface area contributed by atoms with Gasteiger partial charge in [0.05, 0.1) is 5.69 Å². The van der Waals surface area contributed by atoms with Gasteiger partial charge in [-0.25, -0.2) is 0 Å². The average Bonchev–Trinajstić information content (AvgIpc) is 2.24. The van der Waals surface area contributed by atoms with Gasteiger partial charge >= 0.3 is 0 Å². The Hall–Kier alpha value is -0.870. The first-order valence-corrected chi connectivity index (χ1v) is 6.68. The molecule has 3 nitrogen and oxygen atoms in total. The first-order chi connectivity index (χ1) is 7.63. The smallest absolute Gasteiger partial charge is 0.224 e. The summed E-state index contributed by atoms with van der Waals surface area (Å²) < 4.78 is 0. The minimum Gasteiger partial charge on any atom is -0.506 e. The number of amides is 1. The molecule has 0 aliphatic carbocycles. The van der Waals surface area contributed by atoms with Gasteiger partial charge in [-0.15, -0.1) is 0 Å². The molecule has 0 aliphatic rings. The molecule has 0 fully saturated rings. The van der Waals surface area contributed by atoms with Crippen molar-refractivity contribution in [2.24, 2.45) is 0 Å². The molecule has 2 N–H and O–H groups in total. The van der Waals surface area contributed by atoms with Crippen LogP contribution >= 0.6 is 23.4 Å². The minimum absolute atomic E-state index is 0.0302. The summed E-state index contributed by atoms with van der Waals surface area (Å²) >= 11 is 7.47. The average molecular weight is 260 g/mol. The number of thioether (sulfide) groups is 1. The monoisotopic (exact) mass is 259 g/mol. The van der Waals surface area contributed by atoms with Crippen molar-refractivity contribution in [2.75, 3.05) is 17.3 Å². The van der Waals surface area contributed by atoms with Crippen molar-refractivity contribution in [3.63, 3.8) is 0 Å². The van der Waals surface area contributed by atoms with E-state index in [1.165, 1.54) is 12.1 Å².